The molecule has 0 saturated heterocycles. The van der Waals surface area contributed by atoms with E-state index in [1.165, 1.54) is 32.1 Å². The van der Waals surface area contributed by atoms with Crippen molar-refractivity contribution in [3.8, 4) is 11.5 Å². The topological polar surface area (TPSA) is 86.2 Å². The van der Waals surface area contributed by atoms with E-state index in [-0.39, 0.29) is 5.41 Å². The second kappa shape index (κ2) is 7.73. The largest absolute Gasteiger partial charge is 0.444 e. The minimum atomic E-state index is 0.118. The van der Waals surface area contributed by atoms with E-state index in [9.17, 15) is 0 Å². The van der Waals surface area contributed by atoms with E-state index in [0.717, 1.165) is 54.5 Å². The average Bonchev–Trinajstić information content (AvgIpc) is 3.37. The lowest BCUT2D eigenvalue weighted by molar-refractivity contribution is 0.0322. The van der Waals surface area contributed by atoms with E-state index in [2.05, 4.69) is 33.7 Å². The summed E-state index contributed by atoms with van der Waals surface area (Å²) in [5, 5.41) is 7.99. The zero-order valence-electron chi connectivity index (χ0n) is 18.6. The predicted molar refractivity (Wildman–Crippen MR) is 119 cm³/mol. The maximum atomic E-state index is 5.76. The van der Waals surface area contributed by atoms with Gasteiger partial charge in [-0.25, -0.2) is 4.98 Å². The lowest BCUT2D eigenvalue weighted by atomic mass is 9.53. The van der Waals surface area contributed by atoms with Gasteiger partial charge in [0.1, 0.15) is 12.0 Å². The molecule has 0 aliphatic heterocycles. The summed E-state index contributed by atoms with van der Waals surface area (Å²) in [6, 6.07) is 8.32. The molecule has 4 aliphatic rings. The van der Waals surface area contributed by atoms with Crippen LogP contribution >= 0.6 is 0 Å². The lowest BCUT2D eigenvalue weighted by Gasteiger charge is -2.52. The van der Waals surface area contributed by atoms with Gasteiger partial charge in [-0.1, -0.05) is 11.2 Å². The summed E-state index contributed by atoms with van der Waals surface area (Å²) in [7, 11) is 1.66. The fraction of sp³-hybridized carbons (Fsp3) is 0.560. The lowest BCUT2D eigenvalue weighted by Crippen LogP contribution is -2.47. The molecule has 4 fully saturated rings. The molecule has 2 aromatic heterocycles. The van der Waals surface area contributed by atoms with Crippen molar-refractivity contribution >= 4 is 5.69 Å². The highest BCUT2D eigenvalue weighted by Gasteiger charge is 2.52. The van der Waals surface area contributed by atoms with Gasteiger partial charge < -0.3 is 19.0 Å². The third kappa shape index (κ3) is 3.62. The van der Waals surface area contributed by atoms with E-state index in [0.29, 0.717) is 23.8 Å². The molecular formula is C25H30N4O3. The first-order valence-corrected chi connectivity index (χ1v) is 11.8. The Morgan fingerprint density at radius 2 is 1.91 bits per heavy atom. The van der Waals surface area contributed by atoms with Gasteiger partial charge in [0.25, 0.3) is 0 Å². The molecule has 32 heavy (non-hydrogen) atoms. The Labute approximate surface area is 187 Å². The molecule has 2 heterocycles. The number of nitrogens with zero attached hydrogens (tertiary/aromatic N) is 3. The van der Waals surface area contributed by atoms with Crippen molar-refractivity contribution in [1.82, 2.24) is 15.1 Å². The maximum absolute atomic E-state index is 5.76. The third-order valence-electron chi connectivity index (χ3n) is 7.86. The molecule has 0 atom stereocenters. The van der Waals surface area contributed by atoms with Gasteiger partial charge in [-0.15, -0.1) is 0 Å². The highest BCUT2D eigenvalue weighted by molar-refractivity contribution is 5.61. The molecule has 3 aromatic rings. The second-order valence-electron chi connectivity index (χ2n) is 10.0. The van der Waals surface area contributed by atoms with Crippen LogP contribution in [-0.4, -0.2) is 28.8 Å². The van der Waals surface area contributed by atoms with Crippen LogP contribution in [0.1, 0.15) is 74.7 Å². The highest BCUT2D eigenvalue weighted by Crippen LogP contribution is 2.57. The van der Waals surface area contributed by atoms with E-state index >= 15 is 0 Å². The van der Waals surface area contributed by atoms with E-state index in [4.69, 9.17) is 18.7 Å². The average molecular weight is 435 g/mol. The number of rotatable bonds is 8. The Balaban J connectivity index is 1.10. The Hall–Kier alpha value is -2.67. The van der Waals surface area contributed by atoms with Crippen LogP contribution < -0.4 is 5.32 Å². The highest BCUT2D eigenvalue weighted by atomic mass is 16.5. The first-order chi connectivity index (χ1) is 15.7. The first kappa shape index (κ1) is 20.0. The number of methoxy groups -OCH3 is 1. The predicted octanol–water partition coefficient (Wildman–Crippen LogP) is 5.45. The van der Waals surface area contributed by atoms with Crippen molar-refractivity contribution in [1.29, 1.82) is 0 Å². The van der Waals surface area contributed by atoms with Crippen molar-refractivity contribution in [3.63, 3.8) is 0 Å². The smallest absolute Gasteiger partial charge is 0.232 e. The molecule has 7 heteroatoms. The van der Waals surface area contributed by atoms with Gasteiger partial charge in [0.05, 0.1) is 6.61 Å². The second-order valence-corrected chi connectivity index (χ2v) is 10.0. The zero-order chi connectivity index (χ0) is 21.6. The van der Waals surface area contributed by atoms with Crippen LogP contribution in [-0.2, 0) is 16.8 Å². The fourth-order valence-electron chi connectivity index (χ4n) is 5.51. The number of fused-ring (bicyclic) bond motifs is 3. The molecule has 0 spiro atoms. The Morgan fingerprint density at radius 3 is 2.66 bits per heavy atom. The molecule has 1 aromatic carbocycles. The molecule has 7 rings (SSSR count). The minimum Gasteiger partial charge on any atom is -0.444 e. The SMILES string of the molecule is COCc1coc(-c2cccc(NCC34CCC(c5nc(C6CC6)no5)(CC3)CC4)c2)n1. The van der Waals surface area contributed by atoms with Gasteiger partial charge in [-0.3, -0.25) is 0 Å². The monoisotopic (exact) mass is 434 g/mol. The molecule has 1 N–H and O–H groups in total. The molecule has 7 nitrogen and oxygen atoms in total. The van der Waals surface area contributed by atoms with E-state index < -0.39 is 0 Å². The molecule has 168 valence electrons. The van der Waals surface area contributed by atoms with Crippen LogP contribution in [0.2, 0.25) is 0 Å². The summed E-state index contributed by atoms with van der Waals surface area (Å²) >= 11 is 0. The van der Waals surface area contributed by atoms with Crippen molar-refractivity contribution in [3.05, 3.63) is 47.9 Å². The Kier molecular flexibility index (Phi) is 4.82. The van der Waals surface area contributed by atoms with Crippen molar-refractivity contribution < 1.29 is 13.7 Å². The minimum absolute atomic E-state index is 0.118. The zero-order valence-corrected chi connectivity index (χ0v) is 18.6. The van der Waals surface area contributed by atoms with Crippen molar-refractivity contribution in [2.75, 3.05) is 19.0 Å². The number of benzene rings is 1. The maximum Gasteiger partial charge on any atom is 0.232 e. The summed E-state index contributed by atoms with van der Waals surface area (Å²) in [6.07, 6.45) is 11.2. The molecular weight excluding hydrogens is 404 g/mol. The molecule has 0 amide bonds. The van der Waals surface area contributed by atoms with E-state index in [1.54, 1.807) is 13.4 Å². The quantitative estimate of drug-likeness (QED) is 0.504. The number of oxazole rings is 1. The van der Waals surface area contributed by atoms with Gasteiger partial charge >= 0.3 is 0 Å². The summed E-state index contributed by atoms with van der Waals surface area (Å²) in [5.41, 5.74) is 3.36. The molecule has 4 aliphatic carbocycles. The molecule has 0 radical (unpaired) electrons. The molecule has 4 saturated carbocycles. The molecule has 2 bridgehead atoms. The Morgan fingerprint density at radius 1 is 1.09 bits per heavy atom. The van der Waals surface area contributed by atoms with Crippen molar-refractivity contribution in [2.24, 2.45) is 5.41 Å². The fourth-order valence-corrected chi connectivity index (χ4v) is 5.51. The van der Waals surface area contributed by atoms with Gasteiger partial charge in [-0.2, -0.15) is 4.98 Å². The number of hydrogen-bond donors (Lipinski definition) is 1. The van der Waals surface area contributed by atoms with Crippen LogP contribution in [0.3, 0.4) is 0 Å². The van der Waals surface area contributed by atoms with Crippen LogP contribution in [0.25, 0.3) is 11.5 Å². The number of hydrogen-bond acceptors (Lipinski definition) is 7. The first-order valence-electron chi connectivity index (χ1n) is 11.8. The normalized spacial score (nSPS) is 27.0. The van der Waals surface area contributed by atoms with Crippen molar-refractivity contribution in [2.45, 2.75) is 69.3 Å². The van der Waals surface area contributed by atoms with Gasteiger partial charge in [0, 0.05) is 36.2 Å². The third-order valence-corrected chi connectivity index (χ3v) is 7.86. The number of nitrogens with one attached hydrogen (secondary N) is 1. The van der Waals surface area contributed by atoms with Crippen LogP contribution in [0.4, 0.5) is 5.69 Å². The van der Waals surface area contributed by atoms with Gasteiger partial charge in [-0.05, 0) is 75.0 Å². The van der Waals surface area contributed by atoms with Gasteiger partial charge in [0.15, 0.2) is 5.82 Å². The standard InChI is InChI=1S/C25H30N4O3/c1-30-14-20-15-31-22(27-20)18-3-2-4-19(13-18)26-16-24-7-10-25(11-8-24,12-9-24)23-28-21(29-32-23)17-5-6-17/h2-4,13,15,17,26H,5-12,14,16H2,1H3. The van der Waals surface area contributed by atoms with Gasteiger partial charge in [0.2, 0.25) is 11.8 Å². The summed E-state index contributed by atoms with van der Waals surface area (Å²) in [4.78, 5) is 9.33. The van der Waals surface area contributed by atoms with E-state index in [1.807, 2.05) is 6.07 Å². The van der Waals surface area contributed by atoms with Crippen LogP contribution in [0.15, 0.2) is 39.5 Å². The van der Waals surface area contributed by atoms with Crippen LogP contribution in [0.5, 0.6) is 0 Å². The number of anilines is 1. The summed E-state index contributed by atoms with van der Waals surface area (Å²) < 4.78 is 16.5. The number of aromatic nitrogens is 3. The van der Waals surface area contributed by atoms with Crippen LogP contribution in [0, 0.1) is 5.41 Å². The Bertz CT molecular complexity index is 1080. The summed E-state index contributed by atoms with van der Waals surface area (Å²) in [5.74, 6) is 3.04. The molecule has 0 unspecified atom stereocenters. The summed E-state index contributed by atoms with van der Waals surface area (Å²) in [6.45, 7) is 1.45. The number of ether oxygens (including phenoxy) is 1.